The van der Waals surface area contributed by atoms with Crippen molar-refractivity contribution in [2.24, 2.45) is 0 Å². The highest BCUT2D eigenvalue weighted by Crippen LogP contribution is 2.53. The summed E-state index contributed by atoms with van der Waals surface area (Å²) in [7, 11) is -0.125. The highest BCUT2D eigenvalue weighted by atomic mass is 19.4. The highest BCUT2D eigenvalue weighted by molar-refractivity contribution is 4.99. The molecule has 1 aromatic carbocycles. The van der Waals surface area contributed by atoms with Gasteiger partial charge in [-0.3, -0.25) is 0 Å². The van der Waals surface area contributed by atoms with Crippen LogP contribution in [0.15, 0.2) is 36.4 Å². The van der Waals surface area contributed by atoms with Crippen molar-refractivity contribution in [3.8, 4) is 0 Å². The molecule has 0 aromatic heterocycles. The smallest absolute Gasteiger partial charge is 0.319 e. The summed E-state index contributed by atoms with van der Waals surface area (Å²) in [6, 6.07) is 12.0. The predicted molar refractivity (Wildman–Crippen MR) is 54.3 cm³/mol. The van der Waals surface area contributed by atoms with Crippen molar-refractivity contribution >= 4 is 0 Å². The molecule has 1 rings (SSSR count). The van der Waals surface area contributed by atoms with Crippen molar-refractivity contribution in [2.45, 2.75) is 24.1 Å². The SMILES string of the molecule is COC(F)(F)C(F)(F)C(F)(F)C(F)(F)F.c1ccccc1. The summed E-state index contributed by atoms with van der Waals surface area (Å²) in [4.78, 5) is 0. The normalized spacial score (nSPS) is 13.4. The number of ether oxygens (including phenoxy) is 1. The second-order valence-electron chi connectivity index (χ2n) is 3.52. The lowest BCUT2D eigenvalue weighted by molar-refractivity contribution is -0.440. The van der Waals surface area contributed by atoms with Crippen LogP contribution in [-0.4, -0.2) is 31.2 Å². The molecule has 0 atom stereocenters. The van der Waals surface area contributed by atoms with Gasteiger partial charge in [-0.15, -0.1) is 0 Å². The maximum absolute atomic E-state index is 12.1. The topological polar surface area (TPSA) is 9.23 Å². The number of rotatable bonds is 3. The molecule has 0 aliphatic rings. The first-order chi connectivity index (χ1) is 9.31. The quantitative estimate of drug-likeness (QED) is 0.728. The number of hydrogen-bond donors (Lipinski definition) is 0. The van der Waals surface area contributed by atoms with E-state index in [1.54, 1.807) is 0 Å². The van der Waals surface area contributed by atoms with Gasteiger partial charge in [0.1, 0.15) is 0 Å². The largest absolute Gasteiger partial charge is 0.460 e. The van der Waals surface area contributed by atoms with E-state index in [-0.39, 0.29) is 7.11 Å². The van der Waals surface area contributed by atoms with Crippen molar-refractivity contribution < 1.29 is 44.3 Å². The number of hydrogen-bond acceptors (Lipinski definition) is 1. The number of halogens is 9. The summed E-state index contributed by atoms with van der Waals surface area (Å²) in [5, 5.41) is 0. The zero-order valence-electron chi connectivity index (χ0n) is 10.3. The molecule has 0 unspecified atom stereocenters. The molecule has 21 heavy (non-hydrogen) atoms. The maximum atomic E-state index is 12.1. The molecule has 0 fully saturated rings. The molecule has 0 spiro atoms. The molecule has 0 aliphatic carbocycles. The van der Waals surface area contributed by atoms with Crippen LogP contribution in [0, 0.1) is 0 Å². The standard InChI is InChI=1S/C6H6.C5H3F9O/c1-2-4-6-5-3-1;1-15-5(13,14)3(8,9)2(6,7)4(10,11)12/h1-6H;1H3. The van der Waals surface area contributed by atoms with Crippen LogP contribution in [-0.2, 0) is 4.74 Å². The lowest BCUT2D eigenvalue weighted by Crippen LogP contribution is -2.61. The minimum atomic E-state index is -6.89. The Hall–Kier alpha value is -1.45. The number of alkyl halides is 9. The van der Waals surface area contributed by atoms with Crippen molar-refractivity contribution in [3.63, 3.8) is 0 Å². The third kappa shape index (κ3) is 4.26. The first-order valence-corrected chi connectivity index (χ1v) is 5.06. The first-order valence-electron chi connectivity index (χ1n) is 5.06. The minimum Gasteiger partial charge on any atom is -0.319 e. The van der Waals surface area contributed by atoms with Crippen molar-refractivity contribution in [3.05, 3.63) is 36.4 Å². The molecule has 0 amide bonds. The molecule has 1 aromatic rings. The predicted octanol–water partition coefficient (Wildman–Crippen LogP) is 4.75. The Morgan fingerprint density at radius 3 is 1.05 bits per heavy atom. The number of benzene rings is 1. The van der Waals surface area contributed by atoms with Gasteiger partial charge in [0.2, 0.25) is 0 Å². The van der Waals surface area contributed by atoms with Crippen LogP contribution in [0.5, 0.6) is 0 Å². The van der Waals surface area contributed by atoms with E-state index in [0.717, 1.165) is 0 Å². The average Bonchev–Trinajstić information content (AvgIpc) is 2.39. The fourth-order valence-corrected chi connectivity index (χ4v) is 0.874. The molecule has 122 valence electrons. The fraction of sp³-hybridized carbons (Fsp3) is 0.455. The maximum Gasteiger partial charge on any atom is 0.460 e. The van der Waals surface area contributed by atoms with E-state index < -0.39 is 24.1 Å². The van der Waals surface area contributed by atoms with Gasteiger partial charge < -0.3 is 4.74 Å². The zero-order valence-corrected chi connectivity index (χ0v) is 10.3. The van der Waals surface area contributed by atoms with E-state index in [1.807, 2.05) is 36.4 Å². The fourth-order valence-electron chi connectivity index (χ4n) is 0.874. The van der Waals surface area contributed by atoms with Crippen LogP contribution < -0.4 is 0 Å². The van der Waals surface area contributed by atoms with Gasteiger partial charge in [0.25, 0.3) is 0 Å². The molecule has 0 bridgehead atoms. The van der Waals surface area contributed by atoms with Crippen LogP contribution in [0.1, 0.15) is 0 Å². The van der Waals surface area contributed by atoms with Gasteiger partial charge in [0.05, 0.1) is 0 Å². The first kappa shape index (κ1) is 19.6. The Morgan fingerprint density at radius 1 is 0.571 bits per heavy atom. The lowest BCUT2D eigenvalue weighted by atomic mass is 10.1. The van der Waals surface area contributed by atoms with Crippen LogP contribution in [0.2, 0.25) is 0 Å². The van der Waals surface area contributed by atoms with Crippen LogP contribution >= 0.6 is 0 Å². The Morgan fingerprint density at radius 2 is 0.857 bits per heavy atom. The summed E-state index contributed by atoms with van der Waals surface area (Å²) < 4.78 is 109. The van der Waals surface area contributed by atoms with E-state index in [0.29, 0.717) is 0 Å². The van der Waals surface area contributed by atoms with Gasteiger partial charge in [0.15, 0.2) is 0 Å². The Labute approximate surface area is 113 Å². The molecular formula is C11H9F9O. The molecule has 0 N–H and O–H groups in total. The van der Waals surface area contributed by atoms with Crippen molar-refractivity contribution in [1.29, 1.82) is 0 Å². The summed E-state index contributed by atoms with van der Waals surface area (Å²) >= 11 is 0. The highest BCUT2D eigenvalue weighted by Gasteiger charge is 2.82. The van der Waals surface area contributed by atoms with E-state index in [1.165, 1.54) is 0 Å². The summed E-state index contributed by atoms with van der Waals surface area (Å²) in [5.74, 6) is -13.6. The lowest BCUT2D eigenvalue weighted by Gasteiger charge is -2.32. The van der Waals surface area contributed by atoms with E-state index in [2.05, 4.69) is 4.74 Å². The second kappa shape index (κ2) is 6.54. The van der Waals surface area contributed by atoms with Gasteiger partial charge in [-0.25, -0.2) is 0 Å². The Balaban J connectivity index is 0.000000547. The Bertz CT molecular complexity index is 387. The van der Waals surface area contributed by atoms with Crippen molar-refractivity contribution in [2.75, 3.05) is 7.11 Å². The van der Waals surface area contributed by atoms with Gasteiger partial charge in [-0.1, -0.05) is 36.4 Å². The van der Waals surface area contributed by atoms with Gasteiger partial charge >= 0.3 is 24.1 Å². The molecule has 0 saturated heterocycles. The third-order valence-corrected chi connectivity index (χ3v) is 2.04. The molecule has 0 heterocycles. The second-order valence-corrected chi connectivity index (χ2v) is 3.52. The van der Waals surface area contributed by atoms with Gasteiger partial charge in [-0.05, 0) is 0 Å². The van der Waals surface area contributed by atoms with Gasteiger partial charge in [-0.2, -0.15) is 39.5 Å². The summed E-state index contributed by atoms with van der Waals surface area (Å²) in [6.07, 6.45) is -12.7. The summed E-state index contributed by atoms with van der Waals surface area (Å²) in [6.45, 7) is 0. The minimum absolute atomic E-state index is 0.125. The van der Waals surface area contributed by atoms with Gasteiger partial charge in [0, 0.05) is 7.11 Å². The molecule has 0 radical (unpaired) electrons. The van der Waals surface area contributed by atoms with E-state index in [9.17, 15) is 39.5 Å². The monoisotopic (exact) mass is 328 g/mol. The van der Waals surface area contributed by atoms with Crippen LogP contribution in [0.25, 0.3) is 0 Å². The third-order valence-electron chi connectivity index (χ3n) is 2.04. The van der Waals surface area contributed by atoms with Crippen LogP contribution in [0.4, 0.5) is 39.5 Å². The Kier molecular flexibility index (Phi) is 6.09. The molecule has 0 saturated carbocycles. The van der Waals surface area contributed by atoms with Crippen molar-refractivity contribution in [1.82, 2.24) is 0 Å². The van der Waals surface area contributed by atoms with E-state index >= 15 is 0 Å². The number of methoxy groups -OCH3 is 1. The molecule has 1 nitrogen and oxygen atoms in total. The average molecular weight is 328 g/mol. The molecule has 10 heteroatoms. The molecule has 0 aliphatic heterocycles. The zero-order chi connectivity index (χ0) is 16.9. The molecular weight excluding hydrogens is 319 g/mol. The summed E-state index contributed by atoms with van der Waals surface area (Å²) in [5.41, 5.74) is 0. The van der Waals surface area contributed by atoms with E-state index in [4.69, 9.17) is 0 Å². The van der Waals surface area contributed by atoms with Crippen LogP contribution in [0.3, 0.4) is 0 Å².